The number of amides is 1. The van der Waals surface area contributed by atoms with Crippen molar-refractivity contribution in [2.75, 3.05) is 13.1 Å². The van der Waals surface area contributed by atoms with Gasteiger partial charge in [-0.25, -0.2) is 9.78 Å². The Morgan fingerprint density at radius 1 is 1.22 bits per heavy atom. The Balaban J connectivity index is 1.72. The van der Waals surface area contributed by atoms with Crippen LogP contribution in [0.5, 0.6) is 0 Å². The van der Waals surface area contributed by atoms with Gasteiger partial charge in [0, 0.05) is 18.5 Å². The van der Waals surface area contributed by atoms with Crippen LogP contribution in [0.2, 0.25) is 0 Å². The van der Waals surface area contributed by atoms with Crippen molar-refractivity contribution in [2.45, 2.75) is 52.2 Å². The molecule has 0 spiro atoms. The first-order chi connectivity index (χ1) is 12.8. The van der Waals surface area contributed by atoms with Gasteiger partial charge < -0.3 is 14.2 Å². The Morgan fingerprint density at radius 3 is 2.78 bits per heavy atom. The molecule has 1 unspecified atom stereocenters. The van der Waals surface area contributed by atoms with Gasteiger partial charge in [0.15, 0.2) is 0 Å². The fraction of sp³-hybridized carbons (Fsp3) is 0.476. The number of piperidine rings is 1. The highest BCUT2D eigenvalue weighted by Gasteiger charge is 2.30. The van der Waals surface area contributed by atoms with Gasteiger partial charge in [-0.05, 0) is 46.6 Å². The second-order valence-electron chi connectivity index (χ2n) is 8.26. The molecule has 6 heteroatoms. The number of ether oxygens (including phenoxy) is 1. The van der Waals surface area contributed by atoms with Crippen molar-refractivity contribution in [3.63, 3.8) is 0 Å². The van der Waals surface area contributed by atoms with Crippen LogP contribution in [0.25, 0.3) is 21.9 Å². The zero-order chi connectivity index (χ0) is 19.2. The summed E-state index contributed by atoms with van der Waals surface area (Å²) in [5, 5.41) is 1.10. The van der Waals surface area contributed by atoms with Gasteiger partial charge in [0.2, 0.25) is 0 Å². The van der Waals surface area contributed by atoms with Gasteiger partial charge in [0.05, 0.1) is 23.3 Å². The van der Waals surface area contributed by atoms with Crippen LogP contribution in [-0.2, 0) is 4.74 Å². The van der Waals surface area contributed by atoms with Crippen LogP contribution >= 0.6 is 0 Å². The third-order valence-corrected chi connectivity index (χ3v) is 5.01. The average Bonchev–Trinajstić information content (AvgIpc) is 2.97. The zero-order valence-electron chi connectivity index (χ0n) is 16.4. The van der Waals surface area contributed by atoms with Crippen molar-refractivity contribution in [1.82, 2.24) is 19.4 Å². The van der Waals surface area contributed by atoms with Crippen LogP contribution in [-0.4, -0.2) is 44.2 Å². The van der Waals surface area contributed by atoms with Crippen molar-refractivity contribution in [3.8, 4) is 0 Å². The molecular formula is C21H26N4O2. The highest BCUT2D eigenvalue weighted by Crippen LogP contribution is 2.31. The van der Waals surface area contributed by atoms with E-state index in [2.05, 4.69) is 15.6 Å². The van der Waals surface area contributed by atoms with E-state index >= 15 is 0 Å². The Hall–Kier alpha value is -2.63. The maximum Gasteiger partial charge on any atom is 0.410 e. The number of hydrogen-bond donors (Lipinski definition) is 0. The number of imidazole rings is 1. The largest absolute Gasteiger partial charge is 0.444 e. The minimum Gasteiger partial charge on any atom is -0.444 e. The first-order valence-electron chi connectivity index (χ1n) is 9.54. The van der Waals surface area contributed by atoms with Gasteiger partial charge in [-0.2, -0.15) is 0 Å². The Bertz CT molecular complexity index is 1000. The molecule has 6 nitrogen and oxygen atoms in total. The van der Waals surface area contributed by atoms with Crippen LogP contribution in [0.3, 0.4) is 0 Å². The molecule has 142 valence electrons. The standard InChI is InChI=1S/C21H26N4O2/c1-14-23-18-12-22-17-10-6-5-9-16(17)19(18)25(14)15-8-7-11-24(13-15)20(26)27-21(2,3)4/h5-6,9-10,12,15H,7-8,11,13H2,1-4H3. The molecule has 0 radical (unpaired) electrons. The van der Waals surface area contributed by atoms with E-state index in [1.165, 1.54) is 0 Å². The van der Waals surface area contributed by atoms with Crippen LogP contribution < -0.4 is 0 Å². The number of carbonyl (C=O) groups excluding carboxylic acids is 1. The second kappa shape index (κ2) is 6.51. The quantitative estimate of drug-likeness (QED) is 0.638. The molecule has 1 aliphatic rings. The van der Waals surface area contributed by atoms with Crippen LogP contribution in [0.15, 0.2) is 30.5 Å². The summed E-state index contributed by atoms with van der Waals surface area (Å²) in [7, 11) is 0. The first kappa shape index (κ1) is 17.8. The first-order valence-corrected chi connectivity index (χ1v) is 9.54. The molecule has 1 aliphatic heterocycles. The minimum absolute atomic E-state index is 0.182. The molecule has 4 rings (SSSR count). The number of benzene rings is 1. The van der Waals surface area contributed by atoms with Crippen LogP contribution in [0, 0.1) is 6.92 Å². The van der Waals surface area contributed by atoms with E-state index in [9.17, 15) is 4.79 Å². The minimum atomic E-state index is -0.483. The number of aromatic nitrogens is 3. The fourth-order valence-electron chi connectivity index (χ4n) is 3.95. The number of pyridine rings is 1. The van der Waals surface area contributed by atoms with E-state index in [0.29, 0.717) is 6.54 Å². The van der Waals surface area contributed by atoms with Crippen molar-refractivity contribution in [2.24, 2.45) is 0 Å². The van der Waals surface area contributed by atoms with Gasteiger partial charge >= 0.3 is 6.09 Å². The van der Waals surface area contributed by atoms with Crippen LogP contribution in [0.4, 0.5) is 4.79 Å². The van der Waals surface area contributed by atoms with E-state index in [1.54, 1.807) is 0 Å². The Kier molecular flexibility index (Phi) is 4.29. The molecule has 0 aliphatic carbocycles. The number of aryl methyl sites for hydroxylation is 1. The number of nitrogens with zero attached hydrogens (tertiary/aromatic N) is 4. The van der Waals surface area contributed by atoms with Gasteiger partial charge in [-0.1, -0.05) is 18.2 Å². The Morgan fingerprint density at radius 2 is 2.00 bits per heavy atom. The summed E-state index contributed by atoms with van der Waals surface area (Å²) >= 11 is 0. The average molecular weight is 366 g/mol. The van der Waals surface area contributed by atoms with Gasteiger partial charge in [0.25, 0.3) is 0 Å². The van der Waals surface area contributed by atoms with Gasteiger partial charge in [-0.15, -0.1) is 0 Å². The SMILES string of the molecule is Cc1nc2cnc3ccccc3c2n1C1CCCN(C(=O)OC(C)(C)C)C1. The molecule has 1 aromatic carbocycles. The van der Waals surface area contributed by atoms with Crippen molar-refractivity contribution >= 4 is 28.0 Å². The summed E-state index contributed by atoms with van der Waals surface area (Å²) in [5.74, 6) is 0.958. The lowest BCUT2D eigenvalue weighted by Crippen LogP contribution is -2.43. The van der Waals surface area contributed by atoms with Gasteiger partial charge in [0.1, 0.15) is 16.9 Å². The summed E-state index contributed by atoms with van der Waals surface area (Å²) in [5.41, 5.74) is 2.49. The normalized spacial score (nSPS) is 18.2. The van der Waals surface area contributed by atoms with Crippen molar-refractivity contribution < 1.29 is 9.53 Å². The number of carbonyl (C=O) groups is 1. The van der Waals surface area contributed by atoms with Crippen molar-refractivity contribution in [3.05, 3.63) is 36.3 Å². The molecule has 3 heterocycles. The van der Waals surface area contributed by atoms with Crippen molar-refractivity contribution in [1.29, 1.82) is 0 Å². The van der Waals surface area contributed by atoms with E-state index < -0.39 is 5.60 Å². The third-order valence-electron chi connectivity index (χ3n) is 5.01. The molecule has 1 fully saturated rings. The number of para-hydroxylation sites is 1. The summed E-state index contributed by atoms with van der Waals surface area (Å²) in [4.78, 5) is 23.7. The van der Waals surface area contributed by atoms with E-state index in [0.717, 1.165) is 47.1 Å². The molecule has 27 heavy (non-hydrogen) atoms. The highest BCUT2D eigenvalue weighted by molar-refractivity contribution is 6.02. The summed E-state index contributed by atoms with van der Waals surface area (Å²) in [6, 6.07) is 8.33. The van der Waals surface area contributed by atoms with E-state index in [-0.39, 0.29) is 12.1 Å². The lowest BCUT2D eigenvalue weighted by atomic mass is 10.0. The highest BCUT2D eigenvalue weighted by atomic mass is 16.6. The molecule has 0 N–H and O–H groups in total. The molecule has 1 saturated heterocycles. The topological polar surface area (TPSA) is 60.2 Å². The predicted molar refractivity (Wildman–Crippen MR) is 106 cm³/mol. The maximum absolute atomic E-state index is 12.6. The molecule has 1 amide bonds. The zero-order valence-corrected chi connectivity index (χ0v) is 16.4. The lowest BCUT2D eigenvalue weighted by Gasteiger charge is -2.35. The maximum atomic E-state index is 12.6. The number of rotatable bonds is 1. The van der Waals surface area contributed by atoms with Crippen LogP contribution in [0.1, 0.15) is 45.5 Å². The van der Waals surface area contributed by atoms with E-state index in [4.69, 9.17) is 9.72 Å². The predicted octanol–water partition coefficient (Wildman–Crippen LogP) is 4.46. The molecule has 0 saturated carbocycles. The van der Waals surface area contributed by atoms with E-state index in [1.807, 2.05) is 57.0 Å². The monoisotopic (exact) mass is 366 g/mol. The molecule has 2 aromatic heterocycles. The smallest absolute Gasteiger partial charge is 0.410 e. The summed E-state index contributed by atoms with van der Waals surface area (Å²) in [6.07, 6.45) is 3.57. The Labute approximate surface area is 159 Å². The second-order valence-corrected chi connectivity index (χ2v) is 8.26. The molecular weight excluding hydrogens is 340 g/mol. The number of hydrogen-bond acceptors (Lipinski definition) is 4. The van der Waals surface area contributed by atoms with Gasteiger partial charge in [-0.3, -0.25) is 4.98 Å². The molecule has 1 atom stereocenters. The fourth-order valence-corrected chi connectivity index (χ4v) is 3.95. The third kappa shape index (κ3) is 3.36. The number of likely N-dealkylation sites (tertiary alicyclic amines) is 1. The molecule has 3 aromatic rings. The summed E-state index contributed by atoms with van der Waals surface area (Å²) < 4.78 is 7.87. The molecule has 0 bridgehead atoms. The number of fused-ring (bicyclic) bond motifs is 3. The lowest BCUT2D eigenvalue weighted by molar-refractivity contribution is 0.0173. The summed E-state index contributed by atoms with van der Waals surface area (Å²) in [6.45, 7) is 9.11.